The minimum absolute atomic E-state index is 0.0834. The summed E-state index contributed by atoms with van der Waals surface area (Å²) < 4.78 is 6.52. The molecule has 0 unspecified atom stereocenters. The average Bonchev–Trinajstić information content (AvgIpc) is 3.20. The van der Waals surface area contributed by atoms with Crippen molar-refractivity contribution in [1.82, 2.24) is 19.8 Å². The highest BCUT2D eigenvalue weighted by Crippen LogP contribution is 2.19. The fraction of sp³-hybridized carbons (Fsp3) is 0.385. The van der Waals surface area contributed by atoms with Crippen molar-refractivity contribution in [3.05, 3.63) is 36.8 Å². The molecule has 1 N–H and O–H groups in total. The van der Waals surface area contributed by atoms with Crippen LogP contribution in [0, 0.1) is 5.92 Å². The Kier molecular flexibility index (Phi) is 3.67. The van der Waals surface area contributed by atoms with Crippen molar-refractivity contribution in [2.24, 2.45) is 5.92 Å². The van der Waals surface area contributed by atoms with E-state index in [1.807, 2.05) is 0 Å². The number of hydrogen-bond acceptors (Lipinski definition) is 5. The maximum atomic E-state index is 12.1. The predicted octanol–water partition coefficient (Wildman–Crippen LogP) is 0.494. The van der Waals surface area contributed by atoms with Crippen molar-refractivity contribution >= 4 is 11.8 Å². The number of nitrogens with zero attached hydrogens (tertiary/aromatic N) is 4. The first-order valence-corrected chi connectivity index (χ1v) is 6.72. The number of piperidine rings is 1. The second-order valence-electron chi connectivity index (χ2n) is 4.89. The summed E-state index contributed by atoms with van der Waals surface area (Å²) >= 11 is 0. The van der Waals surface area contributed by atoms with Crippen LogP contribution in [0.4, 0.5) is 0 Å². The van der Waals surface area contributed by atoms with Gasteiger partial charge in [0.2, 0.25) is 5.91 Å². The van der Waals surface area contributed by atoms with Gasteiger partial charge in [-0.3, -0.25) is 15.0 Å². The minimum atomic E-state index is -0.127. The molecule has 2 aromatic heterocycles. The van der Waals surface area contributed by atoms with Crippen LogP contribution >= 0.6 is 0 Å². The van der Waals surface area contributed by atoms with Crippen LogP contribution in [0.5, 0.6) is 0 Å². The lowest BCUT2D eigenvalue weighted by Crippen LogP contribution is -2.42. The molecular weight excluding hydrogens is 274 g/mol. The topological polar surface area (TPSA) is 93.3 Å². The van der Waals surface area contributed by atoms with E-state index in [-0.39, 0.29) is 17.7 Å². The first kappa shape index (κ1) is 13.3. The molecule has 0 aromatic carbocycles. The molecule has 3 heterocycles. The monoisotopic (exact) mass is 289 g/mol. The van der Waals surface area contributed by atoms with Gasteiger partial charge in [-0.25, -0.2) is 4.68 Å². The Labute approximate surface area is 120 Å². The Morgan fingerprint density at radius 2 is 1.95 bits per heavy atom. The summed E-state index contributed by atoms with van der Waals surface area (Å²) in [6, 6.07) is 3.33. The molecule has 0 aliphatic carbocycles. The van der Waals surface area contributed by atoms with Crippen LogP contribution in [0.2, 0.25) is 0 Å². The van der Waals surface area contributed by atoms with Crippen molar-refractivity contribution in [2.45, 2.75) is 12.8 Å². The second kappa shape index (κ2) is 5.78. The summed E-state index contributed by atoms with van der Waals surface area (Å²) in [7, 11) is 0. The normalized spacial score (nSPS) is 15.9. The number of hydrogen-bond donors (Lipinski definition) is 1. The standard InChI is InChI=1S/C13H15N5O3/c19-12(16-18-8-14-15-9-18)10-3-5-17(6-4-10)13(20)11-2-1-7-21-11/h1-2,7-10H,3-6H2,(H,16,19). The molecule has 0 bridgehead atoms. The lowest BCUT2D eigenvalue weighted by atomic mass is 9.96. The predicted molar refractivity (Wildman–Crippen MR) is 71.7 cm³/mol. The van der Waals surface area contributed by atoms with Crippen molar-refractivity contribution in [2.75, 3.05) is 18.5 Å². The third-order valence-electron chi connectivity index (χ3n) is 3.54. The van der Waals surface area contributed by atoms with E-state index in [1.54, 1.807) is 17.0 Å². The van der Waals surface area contributed by atoms with Crippen molar-refractivity contribution in [1.29, 1.82) is 0 Å². The Hall–Kier alpha value is -2.64. The van der Waals surface area contributed by atoms with Crippen LogP contribution in [-0.2, 0) is 4.79 Å². The molecule has 0 saturated carbocycles. The molecule has 1 aliphatic rings. The number of likely N-dealkylation sites (tertiary alicyclic amines) is 1. The van der Waals surface area contributed by atoms with Gasteiger partial charge in [-0.2, -0.15) is 0 Å². The average molecular weight is 289 g/mol. The van der Waals surface area contributed by atoms with Crippen LogP contribution in [0.25, 0.3) is 0 Å². The summed E-state index contributed by atoms with van der Waals surface area (Å²) in [6.07, 6.45) is 5.58. The number of carbonyl (C=O) groups excluding carboxylic acids is 2. The maximum absolute atomic E-state index is 12.1. The number of furan rings is 1. The van der Waals surface area contributed by atoms with Crippen LogP contribution in [0.15, 0.2) is 35.5 Å². The van der Waals surface area contributed by atoms with Crippen molar-refractivity contribution in [3.63, 3.8) is 0 Å². The molecule has 1 fully saturated rings. The molecule has 3 rings (SSSR count). The smallest absolute Gasteiger partial charge is 0.289 e. The summed E-state index contributed by atoms with van der Waals surface area (Å²) in [4.78, 5) is 25.9. The lowest BCUT2D eigenvalue weighted by molar-refractivity contribution is -0.122. The molecule has 2 amide bonds. The van der Waals surface area contributed by atoms with Crippen LogP contribution in [0.3, 0.4) is 0 Å². The van der Waals surface area contributed by atoms with Crippen molar-refractivity contribution in [3.8, 4) is 0 Å². The third kappa shape index (κ3) is 2.93. The Balaban J connectivity index is 1.53. The lowest BCUT2D eigenvalue weighted by Gasteiger charge is -2.30. The summed E-state index contributed by atoms with van der Waals surface area (Å²) in [5.41, 5.74) is 2.69. The van der Waals surface area contributed by atoms with Crippen molar-refractivity contribution < 1.29 is 14.0 Å². The number of aromatic nitrogens is 3. The van der Waals surface area contributed by atoms with E-state index in [0.29, 0.717) is 31.7 Å². The quantitative estimate of drug-likeness (QED) is 0.887. The molecular formula is C13H15N5O3. The third-order valence-corrected chi connectivity index (χ3v) is 3.54. The zero-order valence-electron chi connectivity index (χ0n) is 11.3. The highest BCUT2D eigenvalue weighted by Gasteiger charge is 2.28. The largest absolute Gasteiger partial charge is 0.459 e. The number of amides is 2. The van der Waals surface area contributed by atoms with E-state index in [9.17, 15) is 9.59 Å². The Morgan fingerprint density at radius 3 is 2.57 bits per heavy atom. The van der Waals surface area contributed by atoms with E-state index in [2.05, 4.69) is 15.6 Å². The summed E-state index contributed by atoms with van der Waals surface area (Å²) in [5.74, 6) is 0.00741. The number of rotatable bonds is 3. The zero-order chi connectivity index (χ0) is 14.7. The van der Waals surface area contributed by atoms with Gasteiger partial charge in [0.1, 0.15) is 12.7 Å². The van der Waals surface area contributed by atoms with E-state index < -0.39 is 0 Å². The summed E-state index contributed by atoms with van der Waals surface area (Å²) in [6.45, 7) is 1.08. The highest BCUT2D eigenvalue weighted by atomic mass is 16.3. The summed E-state index contributed by atoms with van der Waals surface area (Å²) in [5, 5.41) is 7.24. The molecule has 8 heteroatoms. The van der Waals surface area contributed by atoms with Gasteiger partial charge in [-0.15, -0.1) is 10.2 Å². The van der Waals surface area contributed by atoms with Crippen LogP contribution in [-0.4, -0.2) is 44.7 Å². The molecule has 2 aromatic rings. The first-order chi connectivity index (χ1) is 10.2. The Morgan fingerprint density at radius 1 is 1.24 bits per heavy atom. The van der Waals surface area contributed by atoms with E-state index in [1.165, 1.54) is 23.6 Å². The Bertz CT molecular complexity index is 600. The van der Waals surface area contributed by atoms with E-state index in [4.69, 9.17) is 4.42 Å². The number of nitrogens with one attached hydrogen (secondary N) is 1. The molecule has 21 heavy (non-hydrogen) atoms. The number of carbonyl (C=O) groups is 2. The van der Waals surface area contributed by atoms with Crippen LogP contribution in [0.1, 0.15) is 23.4 Å². The van der Waals surface area contributed by atoms with Gasteiger partial charge < -0.3 is 9.32 Å². The van der Waals surface area contributed by atoms with Gasteiger partial charge in [-0.1, -0.05) is 0 Å². The second-order valence-corrected chi connectivity index (χ2v) is 4.89. The highest BCUT2D eigenvalue weighted by molar-refractivity contribution is 5.92. The van der Waals surface area contributed by atoms with Gasteiger partial charge in [0.05, 0.1) is 6.26 Å². The SMILES string of the molecule is O=C(Nn1cnnc1)C1CCN(C(=O)c2ccco2)CC1. The van der Waals surface area contributed by atoms with E-state index in [0.717, 1.165) is 0 Å². The minimum Gasteiger partial charge on any atom is -0.459 e. The molecule has 1 saturated heterocycles. The van der Waals surface area contributed by atoms with Gasteiger partial charge in [-0.05, 0) is 25.0 Å². The first-order valence-electron chi connectivity index (χ1n) is 6.72. The molecule has 0 atom stereocenters. The fourth-order valence-corrected chi connectivity index (χ4v) is 2.38. The van der Waals surface area contributed by atoms with Crippen LogP contribution < -0.4 is 5.43 Å². The fourth-order valence-electron chi connectivity index (χ4n) is 2.38. The zero-order valence-corrected chi connectivity index (χ0v) is 11.3. The van der Waals surface area contributed by atoms with Gasteiger partial charge in [0.25, 0.3) is 5.91 Å². The molecule has 8 nitrogen and oxygen atoms in total. The maximum Gasteiger partial charge on any atom is 0.289 e. The van der Waals surface area contributed by atoms with E-state index >= 15 is 0 Å². The molecule has 110 valence electrons. The molecule has 0 radical (unpaired) electrons. The molecule has 1 aliphatic heterocycles. The van der Waals surface area contributed by atoms with Gasteiger partial charge >= 0.3 is 0 Å². The van der Waals surface area contributed by atoms with Gasteiger partial charge in [0.15, 0.2) is 5.76 Å². The van der Waals surface area contributed by atoms with Gasteiger partial charge in [0, 0.05) is 19.0 Å². The molecule has 0 spiro atoms.